The van der Waals surface area contributed by atoms with Crippen molar-refractivity contribution in [2.24, 2.45) is 0 Å². The van der Waals surface area contributed by atoms with E-state index in [1.54, 1.807) is 29.8 Å². The molecule has 1 N–H and O–H groups in total. The van der Waals surface area contributed by atoms with Crippen molar-refractivity contribution < 1.29 is 8.78 Å². The molecule has 28 heavy (non-hydrogen) atoms. The zero-order valence-corrected chi connectivity index (χ0v) is 15.3. The van der Waals surface area contributed by atoms with Crippen molar-refractivity contribution in [3.63, 3.8) is 0 Å². The fourth-order valence-electron chi connectivity index (χ4n) is 3.77. The van der Waals surface area contributed by atoms with Crippen LogP contribution >= 0.6 is 0 Å². The zero-order valence-electron chi connectivity index (χ0n) is 15.3. The molecular formula is C20H18F2N6. The zero-order chi connectivity index (χ0) is 19.3. The standard InChI is InChI=1S/C20H18F2N6/c1-11-9-28-10-14(7-16(22)20(28)24-11)13-6-15(21)18-17(8-13)26-27-19(25-18)12-2-4-23-5-3-12/h6-10,12,23H,2-5H2,1H3. The van der Waals surface area contributed by atoms with E-state index in [1.165, 1.54) is 12.1 Å². The molecule has 1 aromatic carbocycles. The molecule has 0 bridgehead atoms. The van der Waals surface area contributed by atoms with Crippen molar-refractivity contribution >= 4 is 16.7 Å². The second kappa shape index (κ2) is 6.56. The topological polar surface area (TPSA) is 68.0 Å². The summed E-state index contributed by atoms with van der Waals surface area (Å²) in [5.41, 5.74) is 2.56. The van der Waals surface area contributed by atoms with Crippen LogP contribution in [0, 0.1) is 18.6 Å². The average molecular weight is 380 g/mol. The molecule has 0 radical (unpaired) electrons. The van der Waals surface area contributed by atoms with Gasteiger partial charge in [-0.05, 0) is 56.6 Å². The van der Waals surface area contributed by atoms with E-state index in [0.29, 0.717) is 28.2 Å². The first kappa shape index (κ1) is 17.1. The quantitative estimate of drug-likeness (QED) is 0.577. The number of pyridine rings is 1. The largest absolute Gasteiger partial charge is 0.317 e. The Kier molecular flexibility index (Phi) is 4.01. The molecule has 4 aromatic rings. The van der Waals surface area contributed by atoms with Crippen LogP contribution in [0.4, 0.5) is 8.78 Å². The molecule has 3 aromatic heterocycles. The summed E-state index contributed by atoms with van der Waals surface area (Å²) in [6, 6.07) is 4.41. The first-order valence-electron chi connectivity index (χ1n) is 9.28. The third-order valence-corrected chi connectivity index (χ3v) is 5.19. The van der Waals surface area contributed by atoms with Gasteiger partial charge in [-0.3, -0.25) is 0 Å². The lowest BCUT2D eigenvalue weighted by Crippen LogP contribution is -2.27. The number of piperidine rings is 1. The summed E-state index contributed by atoms with van der Waals surface area (Å²) in [6.45, 7) is 3.59. The van der Waals surface area contributed by atoms with Crippen molar-refractivity contribution in [3.05, 3.63) is 53.7 Å². The Balaban J connectivity index is 1.59. The highest BCUT2D eigenvalue weighted by atomic mass is 19.1. The minimum atomic E-state index is -0.486. The van der Waals surface area contributed by atoms with Crippen LogP contribution in [0.1, 0.15) is 30.3 Å². The Morgan fingerprint density at radius 1 is 0.964 bits per heavy atom. The summed E-state index contributed by atoms with van der Waals surface area (Å²) in [7, 11) is 0. The third kappa shape index (κ3) is 2.90. The molecule has 1 saturated heterocycles. The van der Waals surface area contributed by atoms with E-state index < -0.39 is 11.6 Å². The van der Waals surface area contributed by atoms with Crippen LogP contribution in [-0.2, 0) is 0 Å². The van der Waals surface area contributed by atoms with Crippen molar-refractivity contribution in [1.82, 2.24) is 29.9 Å². The van der Waals surface area contributed by atoms with Crippen LogP contribution in [0.3, 0.4) is 0 Å². The number of fused-ring (bicyclic) bond motifs is 2. The number of hydrogen-bond acceptors (Lipinski definition) is 5. The van der Waals surface area contributed by atoms with Crippen molar-refractivity contribution in [2.45, 2.75) is 25.7 Å². The Hall–Kier alpha value is -3.00. The number of aryl methyl sites for hydroxylation is 1. The van der Waals surface area contributed by atoms with Crippen LogP contribution in [0.2, 0.25) is 0 Å². The van der Waals surface area contributed by atoms with Gasteiger partial charge in [-0.2, -0.15) is 0 Å². The van der Waals surface area contributed by atoms with Gasteiger partial charge in [0, 0.05) is 23.9 Å². The van der Waals surface area contributed by atoms with Gasteiger partial charge >= 0.3 is 0 Å². The van der Waals surface area contributed by atoms with Crippen molar-refractivity contribution in [3.8, 4) is 11.1 Å². The number of rotatable bonds is 2. The monoisotopic (exact) mass is 380 g/mol. The SMILES string of the molecule is Cc1cn2cc(-c3cc(F)c4nc(C5CCNCC5)nnc4c3)cc(F)c2n1. The van der Waals surface area contributed by atoms with Crippen LogP contribution < -0.4 is 5.32 Å². The summed E-state index contributed by atoms with van der Waals surface area (Å²) in [5, 5.41) is 11.7. The van der Waals surface area contributed by atoms with E-state index >= 15 is 0 Å². The number of hydrogen-bond donors (Lipinski definition) is 1. The van der Waals surface area contributed by atoms with Crippen LogP contribution in [0.5, 0.6) is 0 Å². The average Bonchev–Trinajstić information content (AvgIpc) is 3.09. The predicted molar refractivity (Wildman–Crippen MR) is 101 cm³/mol. The van der Waals surface area contributed by atoms with Crippen LogP contribution in [0.25, 0.3) is 27.8 Å². The van der Waals surface area contributed by atoms with E-state index in [-0.39, 0.29) is 17.1 Å². The maximum Gasteiger partial charge on any atom is 0.173 e. The minimum absolute atomic E-state index is 0.193. The van der Waals surface area contributed by atoms with Gasteiger partial charge < -0.3 is 9.72 Å². The second-order valence-electron chi connectivity index (χ2n) is 7.21. The van der Waals surface area contributed by atoms with Gasteiger partial charge in [0.05, 0.1) is 5.69 Å². The first-order valence-corrected chi connectivity index (χ1v) is 9.28. The maximum absolute atomic E-state index is 14.8. The van der Waals surface area contributed by atoms with E-state index in [1.807, 2.05) is 0 Å². The maximum atomic E-state index is 14.8. The van der Waals surface area contributed by atoms with E-state index in [0.717, 1.165) is 25.9 Å². The number of nitrogens with zero attached hydrogens (tertiary/aromatic N) is 5. The summed E-state index contributed by atoms with van der Waals surface area (Å²) in [4.78, 5) is 8.58. The predicted octanol–water partition coefficient (Wildman–Crippen LogP) is 3.39. The Labute approximate surface area is 159 Å². The van der Waals surface area contributed by atoms with Gasteiger partial charge in [0.1, 0.15) is 11.0 Å². The normalized spacial score (nSPS) is 15.5. The number of imidazole rings is 1. The second-order valence-corrected chi connectivity index (χ2v) is 7.21. The first-order chi connectivity index (χ1) is 13.6. The third-order valence-electron chi connectivity index (χ3n) is 5.19. The van der Waals surface area contributed by atoms with E-state index in [4.69, 9.17) is 0 Å². The summed E-state index contributed by atoms with van der Waals surface area (Å²) < 4.78 is 30.8. The molecule has 0 unspecified atom stereocenters. The molecule has 0 atom stereocenters. The molecule has 8 heteroatoms. The molecule has 1 fully saturated rings. The molecule has 0 saturated carbocycles. The van der Waals surface area contributed by atoms with E-state index in [9.17, 15) is 8.78 Å². The van der Waals surface area contributed by atoms with Gasteiger partial charge in [-0.15, -0.1) is 10.2 Å². The number of halogens is 2. The minimum Gasteiger partial charge on any atom is -0.317 e. The molecule has 0 aliphatic carbocycles. The molecule has 142 valence electrons. The van der Waals surface area contributed by atoms with Gasteiger partial charge in [0.25, 0.3) is 0 Å². The Morgan fingerprint density at radius 3 is 2.57 bits per heavy atom. The number of aromatic nitrogens is 5. The molecule has 5 rings (SSSR count). The molecule has 1 aliphatic rings. The van der Waals surface area contributed by atoms with Crippen LogP contribution in [-0.4, -0.2) is 37.7 Å². The molecule has 0 amide bonds. The van der Waals surface area contributed by atoms with Crippen molar-refractivity contribution in [1.29, 1.82) is 0 Å². The van der Waals surface area contributed by atoms with Gasteiger partial charge in [0.2, 0.25) is 0 Å². The molecule has 4 heterocycles. The lowest BCUT2D eigenvalue weighted by molar-refractivity contribution is 0.442. The summed E-state index contributed by atoms with van der Waals surface area (Å²) >= 11 is 0. The lowest BCUT2D eigenvalue weighted by atomic mass is 9.97. The summed E-state index contributed by atoms with van der Waals surface area (Å²) in [5.74, 6) is -0.170. The molecule has 6 nitrogen and oxygen atoms in total. The summed E-state index contributed by atoms with van der Waals surface area (Å²) in [6.07, 6.45) is 5.28. The Bertz CT molecular complexity index is 1200. The highest BCUT2D eigenvalue weighted by molar-refractivity contribution is 5.81. The smallest absolute Gasteiger partial charge is 0.173 e. The van der Waals surface area contributed by atoms with Crippen LogP contribution in [0.15, 0.2) is 30.6 Å². The highest BCUT2D eigenvalue weighted by Crippen LogP contribution is 2.28. The van der Waals surface area contributed by atoms with Gasteiger partial charge in [-0.1, -0.05) is 0 Å². The number of benzene rings is 1. The Morgan fingerprint density at radius 2 is 1.75 bits per heavy atom. The van der Waals surface area contributed by atoms with E-state index in [2.05, 4.69) is 25.5 Å². The lowest BCUT2D eigenvalue weighted by Gasteiger charge is -2.20. The molecule has 1 aliphatic heterocycles. The van der Waals surface area contributed by atoms with Gasteiger partial charge in [-0.25, -0.2) is 18.7 Å². The molecule has 0 spiro atoms. The highest BCUT2D eigenvalue weighted by Gasteiger charge is 2.20. The van der Waals surface area contributed by atoms with Crippen molar-refractivity contribution in [2.75, 3.05) is 13.1 Å². The number of nitrogens with one attached hydrogen (secondary N) is 1. The molecular weight excluding hydrogens is 362 g/mol. The fourth-order valence-corrected chi connectivity index (χ4v) is 3.77. The van der Waals surface area contributed by atoms with Gasteiger partial charge in [0.15, 0.2) is 23.1 Å². The fraction of sp³-hybridized carbons (Fsp3) is 0.300.